The van der Waals surface area contributed by atoms with Crippen molar-refractivity contribution in [2.75, 3.05) is 26.7 Å². The van der Waals surface area contributed by atoms with Crippen LogP contribution in [0.25, 0.3) is 0 Å². The summed E-state index contributed by atoms with van der Waals surface area (Å²) in [6, 6.07) is -0.265. The summed E-state index contributed by atoms with van der Waals surface area (Å²) in [5.74, 6) is -1.21. The van der Waals surface area contributed by atoms with Gasteiger partial charge in [0.1, 0.15) is 0 Å². The Kier molecular flexibility index (Phi) is 4.46. The fourth-order valence-electron chi connectivity index (χ4n) is 2.76. The van der Waals surface area contributed by atoms with Crippen molar-refractivity contribution in [1.29, 1.82) is 0 Å². The third-order valence-corrected chi connectivity index (χ3v) is 4.01. The van der Waals surface area contributed by atoms with Gasteiger partial charge in [-0.25, -0.2) is 4.79 Å². The Bertz CT molecular complexity index is 412. The summed E-state index contributed by atoms with van der Waals surface area (Å²) < 4.78 is 0. The van der Waals surface area contributed by atoms with Crippen LogP contribution in [-0.4, -0.2) is 65.5 Å². The van der Waals surface area contributed by atoms with E-state index in [2.05, 4.69) is 5.32 Å². The van der Waals surface area contributed by atoms with E-state index in [0.717, 1.165) is 0 Å². The van der Waals surface area contributed by atoms with Crippen LogP contribution in [-0.2, 0) is 9.59 Å². The molecule has 0 saturated carbocycles. The molecular weight excluding hydrogens is 262 g/mol. The summed E-state index contributed by atoms with van der Waals surface area (Å²) in [5.41, 5.74) is 0. The minimum absolute atomic E-state index is 0.0459. The molecule has 20 heavy (non-hydrogen) atoms. The van der Waals surface area contributed by atoms with Gasteiger partial charge in [-0.05, 0) is 19.3 Å². The SMILES string of the molecule is CN1CC(NC(=O)N2CCC[C@H](C(=O)O)C2)CCC1=O. The van der Waals surface area contributed by atoms with Crippen LogP contribution in [0.2, 0.25) is 0 Å². The Morgan fingerprint density at radius 2 is 2.05 bits per heavy atom. The monoisotopic (exact) mass is 283 g/mol. The number of piperidine rings is 2. The summed E-state index contributed by atoms with van der Waals surface area (Å²) in [6.07, 6.45) is 2.43. The van der Waals surface area contributed by atoms with Crippen LogP contribution in [0.3, 0.4) is 0 Å². The number of amides is 3. The highest BCUT2D eigenvalue weighted by Crippen LogP contribution is 2.17. The Hall–Kier alpha value is -1.79. The van der Waals surface area contributed by atoms with E-state index in [1.165, 1.54) is 0 Å². The van der Waals surface area contributed by atoms with Crippen LogP contribution in [0.5, 0.6) is 0 Å². The van der Waals surface area contributed by atoms with Gasteiger partial charge < -0.3 is 20.2 Å². The van der Waals surface area contributed by atoms with Crippen molar-refractivity contribution in [3.8, 4) is 0 Å². The standard InChI is InChI=1S/C13H21N3O4/c1-15-8-10(4-5-11(15)17)14-13(20)16-6-2-3-9(7-16)12(18)19/h9-10H,2-8H2,1H3,(H,14,20)(H,18,19)/t9-,10?/m0/s1. The first kappa shape index (κ1) is 14.6. The van der Waals surface area contributed by atoms with E-state index in [4.69, 9.17) is 5.11 Å². The van der Waals surface area contributed by atoms with Crippen LogP contribution >= 0.6 is 0 Å². The highest BCUT2D eigenvalue weighted by atomic mass is 16.4. The van der Waals surface area contributed by atoms with Crippen molar-refractivity contribution in [2.45, 2.75) is 31.7 Å². The zero-order valence-corrected chi connectivity index (χ0v) is 11.7. The molecule has 2 aliphatic rings. The number of urea groups is 1. The molecule has 2 fully saturated rings. The first-order valence-corrected chi connectivity index (χ1v) is 6.99. The maximum atomic E-state index is 12.1. The lowest BCUT2D eigenvalue weighted by Crippen LogP contribution is -2.54. The maximum Gasteiger partial charge on any atom is 0.317 e. The van der Waals surface area contributed by atoms with Crippen LogP contribution in [0.4, 0.5) is 4.79 Å². The topological polar surface area (TPSA) is 90.0 Å². The van der Waals surface area contributed by atoms with Crippen LogP contribution < -0.4 is 5.32 Å². The molecule has 2 heterocycles. The number of hydrogen-bond acceptors (Lipinski definition) is 3. The Morgan fingerprint density at radius 3 is 2.70 bits per heavy atom. The van der Waals surface area contributed by atoms with Gasteiger partial charge in [-0.1, -0.05) is 0 Å². The first-order valence-electron chi connectivity index (χ1n) is 6.99. The second-order valence-electron chi connectivity index (χ2n) is 5.58. The smallest absolute Gasteiger partial charge is 0.317 e. The molecule has 112 valence electrons. The molecule has 0 aromatic carbocycles. The lowest BCUT2D eigenvalue weighted by molar-refractivity contribution is -0.143. The molecule has 2 N–H and O–H groups in total. The zero-order chi connectivity index (χ0) is 14.7. The number of nitrogens with one attached hydrogen (secondary N) is 1. The van der Waals surface area contributed by atoms with Crippen molar-refractivity contribution >= 4 is 17.9 Å². The summed E-state index contributed by atoms with van der Waals surface area (Å²) >= 11 is 0. The minimum atomic E-state index is -0.842. The van der Waals surface area contributed by atoms with Crippen molar-refractivity contribution in [2.24, 2.45) is 5.92 Å². The predicted molar refractivity (Wildman–Crippen MR) is 71.1 cm³/mol. The summed E-state index contributed by atoms with van der Waals surface area (Å²) in [5, 5.41) is 11.9. The lowest BCUT2D eigenvalue weighted by atomic mass is 9.98. The molecule has 0 bridgehead atoms. The number of likely N-dealkylation sites (N-methyl/N-ethyl adjacent to an activating group) is 1. The molecule has 7 heteroatoms. The number of carbonyl (C=O) groups is 3. The number of likely N-dealkylation sites (tertiary alicyclic amines) is 2. The molecule has 2 rings (SSSR count). The van der Waals surface area contributed by atoms with Crippen molar-refractivity contribution in [3.63, 3.8) is 0 Å². The number of nitrogens with zero attached hydrogens (tertiary/aromatic N) is 2. The van der Waals surface area contributed by atoms with E-state index in [1.54, 1.807) is 16.8 Å². The fraction of sp³-hybridized carbons (Fsp3) is 0.769. The largest absolute Gasteiger partial charge is 0.481 e. The number of carboxylic acids is 1. The van der Waals surface area contributed by atoms with Gasteiger partial charge in [0.2, 0.25) is 5.91 Å². The molecule has 0 spiro atoms. The normalized spacial score (nSPS) is 27.4. The first-order chi connectivity index (χ1) is 9.47. The number of carbonyl (C=O) groups excluding carboxylic acids is 2. The zero-order valence-electron chi connectivity index (χ0n) is 11.7. The molecule has 2 aliphatic heterocycles. The van der Waals surface area contributed by atoms with Gasteiger partial charge in [0.15, 0.2) is 0 Å². The van der Waals surface area contributed by atoms with E-state index < -0.39 is 11.9 Å². The highest BCUT2D eigenvalue weighted by molar-refractivity contribution is 5.79. The van der Waals surface area contributed by atoms with Crippen LogP contribution in [0, 0.1) is 5.92 Å². The van der Waals surface area contributed by atoms with E-state index in [0.29, 0.717) is 38.8 Å². The minimum Gasteiger partial charge on any atom is -0.481 e. The average Bonchev–Trinajstić information content (AvgIpc) is 2.43. The molecular formula is C13H21N3O4. The molecule has 2 atom stereocenters. The summed E-state index contributed by atoms with van der Waals surface area (Å²) in [4.78, 5) is 37.7. The number of carboxylic acid groups (broad SMARTS) is 1. The van der Waals surface area contributed by atoms with E-state index in [1.807, 2.05) is 0 Å². The van der Waals surface area contributed by atoms with Gasteiger partial charge in [-0.15, -0.1) is 0 Å². The third kappa shape index (κ3) is 3.40. The van der Waals surface area contributed by atoms with Gasteiger partial charge in [-0.2, -0.15) is 0 Å². The molecule has 7 nitrogen and oxygen atoms in total. The van der Waals surface area contributed by atoms with Crippen LogP contribution in [0.15, 0.2) is 0 Å². The van der Waals surface area contributed by atoms with E-state index in [-0.39, 0.29) is 24.5 Å². The summed E-state index contributed by atoms with van der Waals surface area (Å²) in [6.45, 7) is 1.38. The highest BCUT2D eigenvalue weighted by Gasteiger charge is 2.30. The quantitative estimate of drug-likeness (QED) is 0.753. The second kappa shape index (κ2) is 6.11. The molecule has 1 unspecified atom stereocenters. The van der Waals surface area contributed by atoms with Crippen molar-refractivity contribution in [3.05, 3.63) is 0 Å². The van der Waals surface area contributed by atoms with Gasteiger partial charge in [-0.3, -0.25) is 9.59 Å². The number of hydrogen-bond donors (Lipinski definition) is 2. The molecule has 0 aliphatic carbocycles. The number of rotatable bonds is 2. The van der Waals surface area contributed by atoms with Gasteiger partial charge >= 0.3 is 12.0 Å². The lowest BCUT2D eigenvalue weighted by Gasteiger charge is -2.34. The van der Waals surface area contributed by atoms with Gasteiger partial charge in [0.25, 0.3) is 0 Å². The summed E-state index contributed by atoms with van der Waals surface area (Å²) in [7, 11) is 1.72. The van der Waals surface area contributed by atoms with Crippen molar-refractivity contribution < 1.29 is 19.5 Å². The second-order valence-corrected chi connectivity index (χ2v) is 5.58. The van der Waals surface area contributed by atoms with Gasteiger partial charge in [0.05, 0.1) is 5.92 Å². The molecule has 0 radical (unpaired) electrons. The molecule has 2 saturated heterocycles. The van der Waals surface area contributed by atoms with Gasteiger partial charge in [0, 0.05) is 39.1 Å². The number of aliphatic carboxylic acids is 1. The fourth-order valence-corrected chi connectivity index (χ4v) is 2.76. The van der Waals surface area contributed by atoms with Crippen LogP contribution in [0.1, 0.15) is 25.7 Å². The Balaban J connectivity index is 1.85. The molecule has 0 aromatic heterocycles. The van der Waals surface area contributed by atoms with E-state index in [9.17, 15) is 14.4 Å². The molecule has 0 aromatic rings. The maximum absolute atomic E-state index is 12.1. The molecule has 3 amide bonds. The van der Waals surface area contributed by atoms with Crippen molar-refractivity contribution in [1.82, 2.24) is 15.1 Å². The Morgan fingerprint density at radius 1 is 1.30 bits per heavy atom. The van der Waals surface area contributed by atoms with E-state index >= 15 is 0 Å². The third-order valence-electron chi connectivity index (χ3n) is 4.01. The average molecular weight is 283 g/mol. The Labute approximate surface area is 117 Å². The predicted octanol–water partition coefficient (Wildman–Crippen LogP) is 0.113.